The van der Waals surface area contributed by atoms with Crippen LogP contribution in [-0.2, 0) is 14.3 Å². The highest BCUT2D eigenvalue weighted by Crippen LogP contribution is 2.23. The molecule has 1 aliphatic carbocycles. The molecule has 0 saturated heterocycles. The van der Waals surface area contributed by atoms with Crippen LogP contribution in [0.25, 0.3) is 0 Å². The Kier molecular flexibility index (Phi) is 6.84. The van der Waals surface area contributed by atoms with Gasteiger partial charge in [0.25, 0.3) is 11.8 Å². The standard InChI is InChI=1S/C17H24N2O5/c1-12-5-2-3-6-13(12)19-15(20)11-24-16(21)8-9-18-17(22)14-7-4-10-23-14/h4,7,10,12-13H,2-3,5-6,8-9,11H2,1H3,(H,18,22)(H,19,20)/t12-,13-/m1/s1. The summed E-state index contributed by atoms with van der Waals surface area (Å²) in [6.45, 7) is 1.96. The van der Waals surface area contributed by atoms with Crippen LogP contribution < -0.4 is 10.6 Å². The number of hydrogen-bond donors (Lipinski definition) is 2. The summed E-state index contributed by atoms with van der Waals surface area (Å²) in [6, 6.07) is 3.30. The summed E-state index contributed by atoms with van der Waals surface area (Å²) in [6.07, 6.45) is 5.80. The van der Waals surface area contributed by atoms with Crippen molar-refractivity contribution in [2.45, 2.75) is 45.1 Å². The molecule has 0 spiro atoms. The number of carbonyl (C=O) groups excluding carboxylic acids is 3. The molecule has 1 fully saturated rings. The first-order valence-corrected chi connectivity index (χ1v) is 8.33. The molecular weight excluding hydrogens is 312 g/mol. The van der Waals surface area contributed by atoms with Gasteiger partial charge in [-0.25, -0.2) is 0 Å². The molecule has 7 heteroatoms. The lowest BCUT2D eigenvalue weighted by molar-refractivity contribution is -0.148. The Morgan fingerprint density at radius 1 is 1.29 bits per heavy atom. The van der Waals surface area contributed by atoms with Crippen molar-refractivity contribution in [2.24, 2.45) is 5.92 Å². The van der Waals surface area contributed by atoms with Gasteiger partial charge in [-0.3, -0.25) is 14.4 Å². The molecule has 0 bridgehead atoms. The number of amides is 2. The molecule has 0 unspecified atom stereocenters. The average molecular weight is 336 g/mol. The van der Waals surface area contributed by atoms with Crippen molar-refractivity contribution in [3.63, 3.8) is 0 Å². The molecule has 0 radical (unpaired) electrons. The minimum atomic E-state index is -0.526. The third-order valence-electron chi connectivity index (χ3n) is 4.18. The van der Waals surface area contributed by atoms with Crippen LogP contribution in [0.2, 0.25) is 0 Å². The molecule has 7 nitrogen and oxygen atoms in total. The van der Waals surface area contributed by atoms with Crippen molar-refractivity contribution < 1.29 is 23.5 Å². The van der Waals surface area contributed by atoms with E-state index in [1.807, 2.05) is 0 Å². The summed E-state index contributed by atoms with van der Waals surface area (Å²) in [7, 11) is 0. The molecule has 1 aliphatic rings. The number of furan rings is 1. The highest BCUT2D eigenvalue weighted by Gasteiger charge is 2.23. The number of carbonyl (C=O) groups is 3. The Hall–Kier alpha value is -2.31. The van der Waals surface area contributed by atoms with E-state index in [0.717, 1.165) is 19.3 Å². The summed E-state index contributed by atoms with van der Waals surface area (Å²) in [5.74, 6) is -0.556. The molecule has 2 amide bonds. The first-order valence-electron chi connectivity index (χ1n) is 8.33. The van der Waals surface area contributed by atoms with Crippen LogP contribution in [-0.4, -0.2) is 37.0 Å². The third kappa shape index (κ3) is 5.72. The van der Waals surface area contributed by atoms with E-state index in [2.05, 4.69) is 17.6 Å². The lowest BCUT2D eigenvalue weighted by Gasteiger charge is -2.29. The highest BCUT2D eigenvalue weighted by molar-refractivity contribution is 5.91. The molecule has 1 aromatic heterocycles. The zero-order valence-corrected chi connectivity index (χ0v) is 13.9. The lowest BCUT2D eigenvalue weighted by Crippen LogP contribution is -2.43. The van der Waals surface area contributed by atoms with Gasteiger partial charge in [-0.1, -0.05) is 19.8 Å². The van der Waals surface area contributed by atoms with Crippen LogP contribution in [0.15, 0.2) is 22.8 Å². The van der Waals surface area contributed by atoms with Crippen LogP contribution in [0.3, 0.4) is 0 Å². The van der Waals surface area contributed by atoms with E-state index in [4.69, 9.17) is 9.15 Å². The number of nitrogens with one attached hydrogen (secondary N) is 2. The van der Waals surface area contributed by atoms with Gasteiger partial charge >= 0.3 is 5.97 Å². The lowest BCUT2D eigenvalue weighted by atomic mass is 9.86. The fourth-order valence-electron chi connectivity index (χ4n) is 2.77. The van der Waals surface area contributed by atoms with Crippen molar-refractivity contribution in [2.75, 3.05) is 13.2 Å². The predicted molar refractivity (Wildman–Crippen MR) is 86.2 cm³/mol. The Morgan fingerprint density at radius 3 is 2.79 bits per heavy atom. The number of hydrogen-bond acceptors (Lipinski definition) is 5. The molecule has 2 N–H and O–H groups in total. The molecular formula is C17H24N2O5. The molecule has 2 rings (SSSR count). The minimum absolute atomic E-state index is 0.000437. The SMILES string of the molecule is C[C@@H]1CCCC[C@H]1NC(=O)COC(=O)CCNC(=O)c1ccco1. The van der Waals surface area contributed by atoms with Gasteiger partial charge in [-0.2, -0.15) is 0 Å². The van der Waals surface area contributed by atoms with Crippen molar-refractivity contribution in [3.05, 3.63) is 24.2 Å². The van der Waals surface area contributed by atoms with Gasteiger partial charge in [-0.15, -0.1) is 0 Å². The zero-order valence-electron chi connectivity index (χ0n) is 13.9. The second kappa shape index (κ2) is 9.10. The van der Waals surface area contributed by atoms with Crippen LogP contribution in [0.1, 0.15) is 49.6 Å². The fourth-order valence-corrected chi connectivity index (χ4v) is 2.77. The molecule has 0 aliphatic heterocycles. The van der Waals surface area contributed by atoms with Crippen LogP contribution in [0, 0.1) is 5.92 Å². The largest absolute Gasteiger partial charge is 0.459 e. The second-order valence-corrected chi connectivity index (χ2v) is 6.08. The topological polar surface area (TPSA) is 97.6 Å². The van der Waals surface area contributed by atoms with Gasteiger partial charge in [0.1, 0.15) is 0 Å². The Bertz CT molecular complexity index is 555. The molecule has 2 atom stereocenters. The summed E-state index contributed by atoms with van der Waals surface area (Å²) < 4.78 is 9.86. The summed E-state index contributed by atoms with van der Waals surface area (Å²) in [5, 5.41) is 5.46. The van der Waals surface area contributed by atoms with Crippen molar-refractivity contribution in [3.8, 4) is 0 Å². The Morgan fingerprint density at radius 2 is 2.08 bits per heavy atom. The maximum atomic E-state index is 11.8. The number of ether oxygens (including phenoxy) is 1. The van der Waals surface area contributed by atoms with Gasteiger partial charge in [0.2, 0.25) is 0 Å². The summed E-state index contributed by atoms with van der Waals surface area (Å²) in [5.41, 5.74) is 0. The highest BCUT2D eigenvalue weighted by atomic mass is 16.5. The monoisotopic (exact) mass is 336 g/mol. The van der Waals surface area contributed by atoms with E-state index in [0.29, 0.717) is 5.92 Å². The molecule has 1 saturated carbocycles. The molecule has 1 heterocycles. The number of rotatable bonds is 7. The second-order valence-electron chi connectivity index (χ2n) is 6.08. The van der Waals surface area contributed by atoms with E-state index in [1.54, 1.807) is 6.07 Å². The third-order valence-corrected chi connectivity index (χ3v) is 4.18. The van der Waals surface area contributed by atoms with E-state index in [9.17, 15) is 14.4 Å². The van der Waals surface area contributed by atoms with Gasteiger partial charge in [0.15, 0.2) is 12.4 Å². The summed E-state index contributed by atoms with van der Waals surface area (Å²) >= 11 is 0. The van der Waals surface area contributed by atoms with Crippen molar-refractivity contribution in [1.29, 1.82) is 0 Å². The molecule has 1 aromatic rings. The van der Waals surface area contributed by atoms with E-state index >= 15 is 0 Å². The zero-order chi connectivity index (χ0) is 17.4. The summed E-state index contributed by atoms with van der Waals surface area (Å²) in [4.78, 5) is 35.0. The van der Waals surface area contributed by atoms with Crippen LogP contribution in [0.4, 0.5) is 0 Å². The normalized spacial score (nSPS) is 20.2. The molecule has 132 valence electrons. The fraction of sp³-hybridized carbons (Fsp3) is 0.588. The average Bonchev–Trinajstić information content (AvgIpc) is 3.09. The van der Waals surface area contributed by atoms with E-state index < -0.39 is 11.9 Å². The number of esters is 1. The van der Waals surface area contributed by atoms with Crippen molar-refractivity contribution >= 4 is 17.8 Å². The quantitative estimate of drug-likeness (QED) is 0.738. The smallest absolute Gasteiger partial charge is 0.308 e. The van der Waals surface area contributed by atoms with Crippen LogP contribution >= 0.6 is 0 Å². The first-order chi connectivity index (χ1) is 11.6. The van der Waals surface area contributed by atoms with Gasteiger partial charge in [0.05, 0.1) is 12.7 Å². The van der Waals surface area contributed by atoms with Gasteiger partial charge in [-0.05, 0) is 30.9 Å². The van der Waals surface area contributed by atoms with Crippen molar-refractivity contribution in [1.82, 2.24) is 10.6 Å². The first kappa shape index (κ1) is 18.0. The Balaban J connectivity index is 1.58. The maximum absolute atomic E-state index is 11.8. The predicted octanol–water partition coefficient (Wildman–Crippen LogP) is 1.64. The molecule has 24 heavy (non-hydrogen) atoms. The van der Waals surface area contributed by atoms with E-state index in [-0.39, 0.29) is 37.3 Å². The van der Waals surface area contributed by atoms with Crippen LogP contribution in [0.5, 0.6) is 0 Å². The maximum Gasteiger partial charge on any atom is 0.308 e. The van der Waals surface area contributed by atoms with Gasteiger partial charge in [0, 0.05) is 12.6 Å². The minimum Gasteiger partial charge on any atom is -0.459 e. The molecule has 0 aromatic carbocycles. The van der Waals surface area contributed by atoms with E-state index in [1.165, 1.54) is 18.8 Å². The van der Waals surface area contributed by atoms with Gasteiger partial charge < -0.3 is 19.8 Å². The Labute approximate surface area is 141 Å².